The molecule has 1 aromatic heterocycles. The smallest absolute Gasteiger partial charge is 0.240 e. The number of carbonyl (C=O) groups excluding carboxylic acids is 1. The number of fused-ring (bicyclic) bond motifs is 1. The number of halogens is 1. The molecule has 0 spiro atoms. The maximum Gasteiger partial charge on any atom is 0.240 e. The third kappa shape index (κ3) is 3.84. The van der Waals surface area contributed by atoms with Crippen LogP contribution in [0, 0.1) is 13.8 Å². The Hall–Kier alpha value is -2.52. The van der Waals surface area contributed by atoms with Crippen LogP contribution < -0.4 is 15.5 Å². The number of nitrogens with one attached hydrogen (secondary N) is 2. The van der Waals surface area contributed by atoms with Gasteiger partial charge in [0.25, 0.3) is 0 Å². The molecule has 2 aromatic carbocycles. The van der Waals surface area contributed by atoms with Gasteiger partial charge in [0.15, 0.2) is 0 Å². The summed E-state index contributed by atoms with van der Waals surface area (Å²) in [5, 5.41) is 11.6. The van der Waals surface area contributed by atoms with Crippen molar-refractivity contribution in [1.29, 1.82) is 0 Å². The third-order valence-corrected chi connectivity index (χ3v) is 6.63. The highest BCUT2D eigenvalue weighted by atomic mass is 79.9. The average molecular weight is 474 g/mol. The van der Waals surface area contributed by atoms with Crippen LogP contribution in [0.3, 0.4) is 0 Å². The maximum atomic E-state index is 13.3. The van der Waals surface area contributed by atoms with Gasteiger partial charge in [-0.3, -0.25) is 4.79 Å². The summed E-state index contributed by atoms with van der Waals surface area (Å²) in [4.78, 5) is 13.3. The number of benzene rings is 2. The van der Waals surface area contributed by atoms with Gasteiger partial charge in [0, 0.05) is 5.69 Å². The normalized spacial score (nSPS) is 17.9. The second kappa shape index (κ2) is 8.08. The predicted octanol–water partition coefficient (Wildman–Crippen LogP) is 4.06. The van der Waals surface area contributed by atoms with Crippen LogP contribution in [0.25, 0.3) is 0 Å². The second-order valence-electron chi connectivity index (χ2n) is 6.71. The number of thioether (sulfide) groups is 1. The van der Waals surface area contributed by atoms with E-state index in [1.165, 1.54) is 11.8 Å². The highest BCUT2D eigenvalue weighted by Gasteiger charge is 2.37. The van der Waals surface area contributed by atoms with Crippen LogP contribution in [-0.4, -0.2) is 33.1 Å². The molecule has 29 heavy (non-hydrogen) atoms. The molecule has 9 heteroatoms. The zero-order valence-electron chi connectivity index (χ0n) is 16.1. The van der Waals surface area contributed by atoms with Crippen LogP contribution in [-0.2, 0) is 4.79 Å². The lowest BCUT2D eigenvalue weighted by atomic mass is 10.0. The van der Waals surface area contributed by atoms with Crippen molar-refractivity contribution in [3.8, 4) is 5.75 Å². The van der Waals surface area contributed by atoms with Crippen LogP contribution in [0.15, 0.2) is 52.1 Å². The van der Waals surface area contributed by atoms with E-state index in [4.69, 9.17) is 4.74 Å². The fraction of sp³-hybridized carbons (Fsp3) is 0.250. The number of para-hydroxylation sites is 1. The molecule has 2 N–H and O–H groups in total. The van der Waals surface area contributed by atoms with E-state index in [1.807, 2.05) is 61.0 Å². The van der Waals surface area contributed by atoms with E-state index < -0.39 is 5.25 Å². The van der Waals surface area contributed by atoms with Crippen molar-refractivity contribution < 1.29 is 9.53 Å². The van der Waals surface area contributed by atoms with E-state index in [0.717, 1.165) is 32.9 Å². The number of aromatic nitrogens is 3. The molecular weight excluding hydrogens is 454 g/mol. The first-order valence-electron chi connectivity index (χ1n) is 9.03. The molecule has 1 amide bonds. The molecule has 2 atom stereocenters. The lowest BCUT2D eigenvalue weighted by molar-refractivity contribution is -0.116. The number of nitrogens with zero attached hydrogens (tertiary/aromatic N) is 3. The summed E-state index contributed by atoms with van der Waals surface area (Å²) >= 11 is 4.94. The van der Waals surface area contributed by atoms with Crippen molar-refractivity contribution in [3.63, 3.8) is 0 Å². The molecular formula is C20H20BrN5O2S. The standard InChI is InChI=1S/C20H20BrN5O2S/c1-11-6-4-5-7-15(11)22-19(27)18-17(13-8-9-16(28-3)14(21)10-13)25-26-12(2)23-24-20(26)29-18/h4-10,17-18,25H,1-3H3,(H,22,27)/t17-,18-/m0/s1. The fourth-order valence-corrected chi connectivity index (χ4v) is 4.89. The van der Waals surface area contributed by atoms with Crippen LogP contribution in [0.4, 0.5) is 5.69 Å². The van der Waals surface area contributed by atoms with Gasteiger partial charge in [-0.25, -0.2) is 4.68 Å². The number of anilines is 1. The van der Waals surface area contributed by atoms with Crippen molar-refractivity contribution >= 4 is 39.3 Å². The highest BCUT2D eigenvalue weighted by Crippen LogP contribution is 2.39. The second-order valence-corrected chi connectivity index (χ2v) is 8.67. The number of rotatable bonds is 4. The lowest BCUT2D eigenvalue weighted by Gasteiger charge is -2.33. The fourth-order valence-electron chi connectivity index (χ4n) is 3.20. The molecule has 0 saturated heterocycles. The molecule has 0 radical (unpaired) electrons. The van der Waals surface area contributed by atoms with Crippen molar-refractivity contribution in [1.82, 2.24) is 14.9 Å². The number of ether oxygens (including phenoxy) is 1. The van der Waals surface area contributed by atoms with Gasteiger partial charge in [0.05, 0.1) is 17.6 Å². The topological polar surface area (TPSA) is 81.1 Å². The summed E-state index contributed by atoms with van der Waals surface area (Å²) in [6, 6.07) is 13.3. The van der Waals surface area contributed by atoms with E-state index in [1.54, 1.807) is 7.11 Å². The Labute approximate surface area is 181 Å². The van der Waals surface area contributed by atoms with Crippen molar-refractivity contribution in [3.05, 3.63) is 63.9 Å². The van der Waals surface area contributed by atoms with E-state index in [0.29, 0.717) is 5.16 Å². The molecule has 0 unspecified atom stereocenters. The Morgan fingerprint density at radius 1 is 1.24 bits per heavy atom. The minimum absolute atomic E-state index is 0.0966. The van der Waals surface area contributed by atoms with Gasteiger partial charge in [0.1, 0.15) is 16.8 Å². The van der Waals surface area contributed by atoms with Crippen LogP contribution in [0.2, 0.25) is 0 Å². The monoisotopic (exact) mass is 473 g/mol. The number of methoxy groups -OCH3 is 1. The summed E-state index contributed by atoms with van der Waals surface area (Å²) in [5.41, 5.74) is 6.17. The molecule has 7 nitrogen and oxygen atoms in total. The summed E-state index contributed by atoms with van der Waals surface area (Å²) in [7, 11) is 1.62. The molecule has 4 rings (SSSR count). The minimum Gasteiger partial charge on any atom is -0.496 e. The van der Waals surface area contributed by atoms with Gasteiger partial charge in [-0.15, -0.1) is 10.2 Å². The first kappa shape index (κ1) is 19.8. The van der Waals surface area contributed by atoms with Gasteiger partial charge in [-0.1, -0.05) is 36.0 Å². The number of carbonyl (C=O) groups is 1. The van der Waals surface area contributed by atoms with Gasteiger partial charge < -0.3 is 15.5 Å². The van der Waals surface area contributed by atoms with Crippen molar-refractivity contribution in [2.24, 2.45) is 0 Å². The van der Waals surface area contributed by atoms with E-state index >= 15 is 0 Å². The molecule has 150 valence electrons. The van der Waals surface area contributed by atoms with Gasteiger partial charge in [-0.05, 0) is 59.1 Å². The number of aryl methyl sites for hydroxylation is 2. The third-order valence-electron chi connectivity index (χ3n) is 4.79. The van der Waals surface area contributed by atoms with Gasteiger partial charge >= 0.3 is 0 Å². The first-order valence-corrected chi connectivity index (χ1v) is 10.7. The minimum atomic E-state index is -0.439. The molecule has 1 aliphatic rings. The Bertz CT molecular complexity index is 1070. The maximum absolute atomic E-state index is 13.3. The molecule has 3 aromatic rings. The quantitative estimate of drug-likeness (QED) is 0.594. The zero-order chi connectivity index (χ0) is 20.5. The summed E-state index contributed by atoms with van der Waals surface area (Å²) in [6.45, 7) is 3.85. The zero-order valence-corrected chi connectivity index (χ0v) is 18.5. The number of amides is 1. The van der Waals surface area contributed by atoms with Gasteiger partial charge in [0.2, 0.25) is 11.1 Å². The average Bonchev–Trinajstić information content (AvgIpc) is 3.08. The molecule has 0 saturated carbocycles. The largest absolute Gasteiger partial charge is 0.496 e. The predicted molar refractivity (Wildman–Crippen MR) is 117 cm³/mol. The number of hydrogen-bond donors (Lipinski definition) is 2. The number of hydrogen-bond acceptors (Lipinski definition) is 6. The van der Waals surface area contributed by atoms with E-state index in [-0.39, 0.29) is 11.9 Å². The van der Waals surface area contributed by atoms with Crippen LogP contribution >= 0.6 is 27.7 Å². The van der Waals surface area contributed by atoms with Crippen LogP contribution in [0.5, 0.6) is 5.75 Å². The van der Waals surface area contributed by atoms with Gasteiger partial charge in [-0.2, -0.15) is 0 Å². The SMILES string of the molecule is COc1ccc([C@@H]2Nn3c(C)nnc3S[C@@H]2C(=O)Nc2ccccc2C)cc1Br. The van der Waals surface area contributed by atoms with E-state index in [2.05, 4.69) is 36.9 Å². The summed E-state index contributed by atoms with van der Waals surface area (Å²) in [6.07, 6.45) is 0. The van der Waals surface area contributed by atoms with Crippen molar-refractivity contribution in [2.45, 2.75) is 30.3 Å². The molecule has 0 fully saturated rings. The van der Waals surface area contributed by atoms with Crippen LogP contribution in [0.1, 0.15) is 23.0 Å². The lowest BCUT2D eigenvalue weighted by Crippen LogP contribution is -2.41. The van der Waals surface area contributed by atoms with E-state index in [9.17, 15) is 4.79 Å². The molecule has 1 aliphatic heterocycles. The van der Waals surface area contributed by atoms with Crippen molar-refractivity contribution in [2.75, 3.05) is 17.9 Å². The highest BCUT2D eigenvalue weighted by molar-refractivity contribution is 9.10. The Morgan fingerprint density at radius 2 is 2.03 bits per heavy atom. The Morgan fingerprint density at radius 3 is 2.76 bits per heavy atom. The summed E-state index contributed by atoms with van der Waals surface area (Å²) in [5.74, 6) is 1.38. The first-order chi connectivity index (χ1) is 14.0. The Balaban J connectivity index is 1.70. The Kier molecular flexibility index (Phi) is 5.51. The summed E-state index contributed by atoms with van der Waals surface area (Å²) < 4.78 is 7.99. The molecule has 0 aliphatic carbocycles. The molecule has 0 bridgehead atoms. The molecule has 2 heterocycles.